The predicted molar refractivity (Wildman–Crippen MR) is 223 cm³/mol. The molecule has 3 nitrogen and oxygen atoms in total. The zero-order valence-corrected chi connectivity index (χ0v) is 29.5. The third-order valence-electron chi connectivity index (χ3n) is 9.96. The molecule has 53 heavy (non-hydrogen) atoms. The van der Waals surface area contributed by atoms with Gasteiger partial charge in [0.05, 0.1) is 11.4 Å². The standard InChI is InChI=1S/C49H31N3S/c1-2-11-35(12-3-1)49-51-45(34-22-19-33(20-23-34)38-14-9-25-50-31-38)30-46(52-49)41-28-39(37-24-21-32-10-4-5-13-36(32)26-37)27-40(29-41)42-16-8-17-44-43-15-6-7-18-47(43)53-48(42)44/h1-31H. The van der Waals surface area contributed by atoms with E-state index in [0.717, 1.165) is 50.3 Å². The Morgan fingerprint density at radius 3 is 1.91 bits per heavy atom. The summed E-state index contributed by atoms with van der Waals surface area (Å²) in [6.07, 6.45) is 3.69. The van der Waals surface area contributed by atoms with Crippen molar-refractivity contribution in [3.63, 3.8) is 0 Å². The van der Waals surface area contributed by atoms with Crippen LogP contribution >= 0.6 is 11.3 Å². The monoisotopic (exact) mass is 693 g/mol. The van der Waals surface area contributed by atoms with Gasteiger partial charge in [0.25, 0.3) is 0 Å². The van der Waals surface area contributed by atoms with Crippen LogP contribution in [0.25, 0.3) is 98.2 Å². The average molecular weight is 694 g/mol. The Labute approximate surface area is 311 Å². The van der Waals surface area contributed by atoms with Crippen LogP contribution in [0, 0.1) is 0 Å². The molecule has 3 heterocycles. The first-order chi connectivity index (χ1) is 26.2. The largest absolute Gasteiger partial charge is 0.264 e. The number of benzene rings is 7. The summed E-state index contributed by atoms with van der Waals surface area (Å²) in [4.78, 5) is 14.7. The van der Waals surface area contributed by atoms with Crippen molar-refractivity contribution in [3.05, 3.63) is 188 Å². The number of fused-ring (bicyclic) bond motifs is 4. The molecule has 10 aromatic rings. The molecule has 7 aromatic carbocycles. The van der Waals surface area contributed by atoms with E-state index in [4.69, 9.17) is 9.97 Å². The molecule has 0 unspecified atom stereocenters. The van der Waals surface area contributed by atoms with Crippen LogP contribution in [0.4, 0.5) is 0 Å². The van der Waals surface area contributed by atoms with Crippen LogP contribution in [0.1, 0.15) is 0 Å². The number of rotatable bonds is 6. The van der Waals surface area contributed by atoms with Gasteiger partial charge in [0.15, 0.2) is 5.82 Å². The molecule has 0 bridgehead atoms. The van der Waals surface area contributed by atoms with Gasteiger partial charge in [-0.25, -0.2) is 9.97 Å². The molecule has 0 aliphatic carbocycles. The molecule has 0 N–H and O–H groups in total. The van der Waals surface area contributed by atoms with Crippen LogP contribution in [-0.4, -0.2) is 15.0 Å². The van der Waals surface area contributed by atoms with E-state index in [-0.39, 0.29) is 0 Å². The van der Waals surface area contributed by atoms with E-state index in [1.807, 2.05) is 41.8 Å². The molecule has 0 saturated carbocycles. The molecule has 0 spiro atoms. The van der Waals surface area contributed by atoms with Gasteiger partial charge in [-0.05, 0) is 86.6 Å². The molecule has 3 aromatic heterocycles. The minimum atomic E-state index is 0.693. The smallest absolute Gasteiger partial charge is 0.160 e. The van der Waals surface area contributed by atoms with Crippen LogP contribution < -0.4 is 0 Å². The molecule has 248 valence electrons. The van der Waals surface area contributed by atoms with E-state index in [9.17, 15) is 0 Å². The number of hydrogen-bond donors (Lipinski definition) is 0. The summed E-state index contributed by atoms with van der Waals surface area (Å²) in [5.41, 5.74) is 11.7. The Kier molecular flexibility index (Phi) is 7.67. The van der Waals surface area contributed by atoms with E-state index in [0.29, 0.717) is 5.82 Å². The first-order valence-electron chi connectivity index (χ1n) is 17.7. The Hall–Kier alpha value is -6.75. The molecule has 0 aliphatic rings. The highest BCUT2D eigenvalue weighted by molar-refractivity contribution is 7.26. The lowest BCUT2D eigenvalue weighted by Crippen LogP contribution is -1.96. The minimum Gasteiger partial charge on any atom is -0.264 e. The zero-order chi connectivity index (χ0) is 35.1. The highest BCUT2D eigenvalue weighted by Crippen LogP contribution is 2.42. The van der Waals surface area contributed by atoms with Crippen LogP contribution in [0.5, 0.6) is 0 Å². The zero-order valence-electron chi connectivity index (χ0n) is 28.6. The maximum atomic E-state index is 5.26. The molecule has 0 saturated heterocycles. The average Bonchev–Trinajstić information content (AvgIpc) is 3.63. The molecular weight excluding hydrogens is 663 g/mol. The lowest BCUT2D eigenvalue weighted by molar-refractivity contribution is 1.18. The normalized spacial score (nSPS) is 11.4. The summed E-state index contributed by atoms with van der Waals surface area (Å²) in [7, 11) is 0. The molecule has 0 radical (unpaired) electrons. The lowest BCUT2D eigenvalue weighted by atomic mass is 9.93. The van der Waals surface area contributed by atoms with Crippen molar-refractivity contribution < 1.29 is 0 Å². The fraction of sp³-hybridized carbons (Fsp3) is 0. The van der Waals surface area contributed by atoms with Crippen molar-refractivity contribution in [3.8, 4) is 67.3 Å². The van der Waals surface area contributed by atoms with Crippen molar-refractivity contribution in [2.45, 2.75) is 0 Å². The first-order valence-corrected chi connectivity index (χ1v) is 18.6. The summed E-state index contributed by atoms with van der Waals surface area (Å²) in [6, 6.07) is 62.6. The third-order valence-corrected chi connectivity index (χ3v) is 11.2. The fourth-order valence-electron chi connectivity index (χ4n) is 7.27. The summed E-state index contributed by atoms with van der Waals surface area (Å²) in [6.45, 7) is 0. The van der Waals surface area contributed by atoms with Gasteiger partial charge < -0.3 is 0 Å². The van der Waals surface area contributed by atoms with Crippen LogP contribution in [0.3, 0.4) is 0 Å². The van der Waals surface area contributed by atoms with E-state index in [1.54, 1.807) is 6.20 Å². The maximum Gasteiger partial charge on any atom is 0.160 e. The number of thiophene rings is 1. The maximum absolute atomic E-state index is 5.26. The van der Waals surface area contributed by atoms with Gasteiger partial charge in [0.1, 0.15) is 0 Å². The molecule has 4 heteroatoms. The van der Waals surface area contributed by atoms with Crippen LogP contribution in [0.15, 0.2) is 188 Å². The van der Waals surface area contributed by atoms with Gasteiger partial charge in [0.2, 0.25) is 0 Å². The van der Waals surface area contributed by atoms with Crippen LogP contribution in [-0.2, 0) is 0 Å². The van der Waals surface area contributed by atoms with Gasteiger partial charge in [-0.1, -0.05) is 133 Å². The predicted octanol–water partition coefficient (Wildman–Crippen LogP) is 13.4. The highest BCUT2D eigenvalue weighted by Gasteiger charge is 2.16. The number of aromatic nitrogens is 3. The van der Waals surface area contributed by atoms with Gasteiger partial charge in [-0.3, -0.25) is 4.98 Å². The molecular formula is C49H31N3S. The Morgan fingerprint density at radius 2 is 1.06 bits per heavy atom. The Morgan fingerprint density at radius 1 is 0.377 bits per heavy atom. The van der Waals surface area contributed by atoms with Gasteiger partial charge in [0, 0.05) is 49.3 Å². The van der Waals surface area contributed by atoms with Gasteiger partial charge in [-0.2, -0.15) is 0 Å². The second-order valence-electron chi connectivity index (χ2n) is 13.3. The summed E-state index contributed by atoms with van der Waals surface area (Å²) in [5.74, 6) is 0.693. The second kappa shape index (κ2) is 13.1. The van der Waals surface area contributed by atoms with E-state index in [1.165, 1.54) is 42.1 Å². The lowest BCUT2D eigenvalue weighted by Gasteiger charge is -2.14. The second-order valence-corrected chi connectivity index (χ2v) is 14.3. The fourth-order valence-corrected chi connectivity index (χ4v) is 8.51. The molecule has 10 rings (SSSR count). The minimum absolute atomic E-state index is 0.693. The topological polar surface area (TPSA) is 38.7 Å². The summed E-state index contributed by atoms with van der Waals surface area (Å²) in [5, 5.41) is 5.02. The molecule has 0 amide bonds. The number of hydrogen-bond acceptors (Lipinski definition) is 4. The van der Waals surface area contributed by atoms with E-state index >= 15 is 0 Å². The summed E-state index contributed by atoms with van der Waals surface area (Å²) < 4.78 is 2.58. The van der Waals surface area contributed by atoms with Crippen molar-refractivity contribution in [2.75, 3.05) is 0 Å². The molecule has 0 fully saturated rings. The third kappa shape index (κ3) is 5.85. The van der Waals surface area contributed by atoms with Crippen molar-refractivity contribution in [1.82, 2.24) is 15.0 Å². The molecule has 0 aliphatic heterocycles. The summed E-state index contributed by atoms with van der Waals surface area (Å²) >= 11 is 1.86. The van der Waals surface area contributed by atoms with E-state index < -0.39 is 0 Å². The van der Waals surface area contributed by atoms with Gasteiger partial charge in [-0.15, -0.1) is 11.3 Å². The number of nitrogens with zero attached hydrogens (tertiary/aromatic N) is 3. The van der Waals surface area contributed by atoms with Crippen molar-refractivity contribution in [2.24, 2.45) is 0 Å². The highest BCUT2D eigenvalue weighted by atomic mass is 32.1. The SMILES string of the molecule is c1ccc(-c2nc(-c3ccc(-c4cccnc4)cc3)cc(-c3cc(-c4ccc5ccccc5c4)cc(-c4cccc5c4sc4ccccc45)c3)n2)cc1. The number of pyridine rings is 1. The van der Waals surface area contributed by atoms with Crippen LogP contribution in [0.2, 0.25) is 0 Å². The van der Waals surface area contributed by atoms with E-state index in [2.05, 4.69) is 157 Å². The van der Waals surface area contributed by atoms with Crippen molar-refractivity contribution in [1.29, 1.82) is 0 Å². The Balaban J connectivity index is 1.19. The quantitative estimate of drug-likeness (QED) is 0.174. The van der Waals surface area contributed by atoms with Gasteiger partial charge >= 0.3 is 0 Å². The Bertz CT molecular complexity index is 2930. The molecule has 0 atom stereocenters. The first kappa shape index (κ1) is 31.0. The van der Waals surface area contributed by atoms with Crippen molar-refractivity contribution >= 4 is 42.3 Å².